The summed E-state index contributed by atoms with van der Waals surface area (Å²) in [5.74, 6) is 2.04. The van der Waals surface area contributed by atoms with Crippen LogP contribution in [-0.2, 0) is 21.9 Å². The Balaban J connectivity index is 1.35. The lowest BCUT2D eigenvalue weighted by atomic mass is 9.94. The van der Waals surface area contributed by atoms with Gasteiger partial charge in [-0.1, -0.05) is 76.6 Å². The molecule has 1 saturated carbocycles. The van der Waals surface area contributed by atoms with E-state index < -0.39 is 6.04 Å². The van der Waals surface area contributed by atoms with E-state index in [1.165, 1.54) is 12.0 Å². The average molecular weight is 755 g/mol. The van der Waals surface area contributed by atoms with E-state index in [1.807, 2.05) is 61.5 Å². The molecule has 1 aliphatic carbocycles. The second-order valence-corrected chi connectivity index (χ2v) is 13.8. The highest BCUT2D eigenvalue weighted by Gasteiger charge is 2.37. The van der Waals surface area contributed by atoms with E-state index in [4.69, 9.17) is 24.3 Å². The Labute approximate surface area is 284 Å². The second-order valence-electron chi connectivity index (χ2n) is 11.1. The number of methoxy groups -OCH3 is 1. The Morgan fingerprint density at radius 1 is 1.02 bits per heavy atom. The van der Waals surface area contributed by atoms with Gasteiger partial charge in [-0.25, -0.2) is 9.48 Å². The van der Waals surface area contributed by atoms with Gasteiger partial charge in [0.05, 0.1) is 17.2 Å². The number of aromatic nitrogens is 3. The maximum absolute atomic E-state index is 13.9. The van der Waals surface area contributed by atoms with E-state index in [0.29, 0.717) is 45.0 Å². The lowest BCUT2D eigenvalue weighted by Crippen LogP contribution is -2.32. The van der Waals surface area contributed by atoms with Crippen molar-refractivity contribution < 1.29 is 19.0 Å². The topological polar surface area (TPSA) is 87.5 Å². The zero-order valence-corrected chi connectivity index (χ0v) is 29.1. The van der Waals surface area contributed by atoms with Crippen molar-refractivity contribution in [2.75, 3.05) is 12.4 Å². The zero-order chi connectivity index (χ0) is 31.3. The molecule has 1 fully saturated rings. The largest absolute Gasteiger partial charge is 0.493 e. The molecule has 11 heteroatoms. The third-order valence-electron chi connectivity index (χ3n) is 7.93. The number of esters is 1. The summed E-state index contributed by atoms with van der Waals surface area (Å²) in [6, 6.07) is 21.4. The molecule has 2 heterocycles. The number of fused-ring (bicyclic) bond motifs is 1. The summed E-state index contributed by atoms with van der Waals surface area (Å²) in [5, 5.41) is 8.84. The Bertz CT molecular complexity index is 1710. The first-order valence-corrected chi connectivity index (χ1v) is 17.5. The van der Waals surface area contributed by atoms with Crippen molar-refractivity contribution in [1.82, 2.24) is 14.8 Å². The molecule has 0 radical (unpaired) electrons. The molecule has 0 spiro atoms. The molecule has 0 saturated heterocycles. The number of rotatable bonds is 10. The maximum atomic E-state index is 13.9. The molecule has 1 atom stereocenters. The first-order chi connectivity index (χ1) is 21.9. The van der Waals surface area contributed by atoms with Crippen molar-refractivity contribution in [3.63, 3.8) is 0 Å². The van der Waals surface area contributed by atoms with Gasteiger partial charge in [0.15, 0.2) is 11.5 Å². The van der Waals surface area contributed by atoms with Crippen LogP contribution in [0.4, 0.5) is 5.95 Å². The predicted molar refractivity (Wildman–Crippen MR) is 183 cm³/mol. The van der Waals surface area contributed by atoms with Crippen LogP contribution < -0.4 is 14.8 Å². The number of nitrogens with zero attached hydrogens (tertiary/aromatic N) is 3. The summed E-state index contributed by atoms with van der Waals surface area (Å²) in [5.41, 5.74) is 4.16. The third kappa shape index (κ3) is 7.42. The van der Waals surface area contributed by atoms with Crippen molar-refractivity contribution >= 4 is 55.5 Å². The average Bonchev–Trinajstić information content (AvgIpc) is 3.45. The normalized spacial score (nSPS) is 16.6. The number of halogens is 2. The summed E-state index contributed by atoms with van der Waals surface area (Å²) in [6.07, 6.45) is 4.99. The van der Waals surface area contributed by atoms with Crippen molar-refractivity contribution in [3.8, 4) is 11.5 Å². The molecule has 6 rings (SSSR count). The van der Waals surface area contributed by atoms with Gasteiger partial charge in [-0.3, -0.25) is 0 Å². The minimum Gasteiger partial charge on any atom is -0.493 e. The van der Waals surface area contributed by atoms with Gasteiger partial charge in [0.25, 0.3) is 0 Å². The molecule has 1 N–H and O–H groups in total. The smallest absolute Gasteiger partial charge is 0.338 e. The Morgan fingerprint density at radius 3 is 2.56 bits per heavy atom. The van der Waals surface area contributed by atoms with Crippen LogP contribution in [0.1, 0.15) is 61.8 Å². The quantitative estimate of drug-likeness (QED) is 0.127. The number of allylic oxidation sites excluding steroid dienone is 1. The lowest BCUT2D eigenvalue weighted by molar-refractivity contribution is -0.146. The van der Waals surface area contributed by atoms with Gasteiger partial charge in [-0.15, -0.1) is 5.10 Å². The van der Waals surface area contributed by atoms with Crippen molar-refractivity contribution in [2.24, 2.45) is 0 Å². The summed E-state index contributed by atoms with van der Waals surface area (Å²) in [4.78, 5) is 18.7. The molecular formula is C34H34Br2N4O4S. The standard InChI is InChI=1S/C34H34Br2N4O4S/c1-21-29(32(41)44-26-14-7-4-8-15-26)30(40-33(37-21)38-34(39-40)45-20-22-10-5-3-6-11-22)24-17-27(36)31(28(18-24)42-2)43-19-23-12-9-13-25(35)16-23/h3,5-6,9-13,16-18,26,30H,4,7-8,14-15,19-20H2,1-2H3,(H,37,38,39). The highest BCUT2D eigenvalue weighted by molar-refractivity contribution is 9.10. The molecule has 234 valence electrons. The number of hydrogen-bond acceptors (Lipinski definition) is 8. The molecule has 8 nitrogen and oxygen atoms in total. The van der Waals surface area contributed by atoms with Crippen LogP contribution in [0.3, 0.4) is 0 Å². The van der Waals surface area contributed by atoms with E-state index in [1.54, 1.807) is 23.6 Å². The SMILES string of the molecule is COc1cc(C2C(C(=O)OC3CCCCC3)=C(C)Nc3nc(SCc4ccccc4)nn32)cc(Br)c1OCc1cccc(Br)c1. The minimum atomic E-state index is -0.597. The Hall–Kier alpha value is -3.28. The number of benzene rings is 3. The number of thioether (sulfide) groups is 1. The van der Waals surface area contributed by atoms with Gasteiger partial charge >= 0.3 is 5.97 Å². The first kappa shape index (κ1) is 31.7. The van der Waals surface area contributed by atoms with Crippen LogP contribution >= 0.6 is 43.6 Å². The Morgan fingerprint density at radius 2 is 1.80 bits per heavy atom. The van der Waals surface area contributed by atoms with Crippen molar-refractivity contribution in [3.05, 3.63) is 104 Å². The molecular weight excluding hydrogens is 720 g/mol. The van der Waals surface area contributed by atoms with Crippen LogP contribution in [0.25, 0.3) is 0 Å². The van der Waals surface area contributed by atoms with Gasteiger partial charge in [0.1, 0.15) is 18.8 Å². The fourth-order valence-electron chi connectivity index (χ4n) is 5.71. The highest BCUT2D eigenvalue weighted by atomic mass is 79.9. The molecule has 1 aliphatic heterocycles. The van der Waals surface area contributed by atoms with E-state index in [9.17, 15) is 4.79 Å². The fraction of sp³-hybridized carbons (Fsp3) is 0.324. The summed E-state index contributed by atoms with van der Waals surface area (Å²) in [7, 11) is 1.61. The van der Waals surface area contributed by atoms with Gasteiger partial charge in [0, 0.05) is 15.9 Å². The van der Waals surface area contributed by atoms with Crippen LogP contribution in [0.15, 0.2) is 92.1 Å². The van der Waals surface area contributed by atoms with Gasteiger partial charge in [-0.05, 0) is 89.5 Å². The van der Waals surface area contributed by atoms with E-state index in [-0.39, 0.29) is 12.1 Å². The maximum Gasteiger partial charge on any atom is 0.338 e. The number of carbonyl (C=O) groups is 1. The lowest BCUT2D eigenvalue weighted by Gasteiger charge is -2.30. The van der Waals surface area contributed by atoms with Gasteiger partial charge in [-0.2, -0.15) is 4.98 Å². The second kappa shape index (κ2) is 14.4. The molecule has 3 aromatic carbocycles. The molecule has 2 aliphatic rings. The summed E-state index contributed by atoms with van der Waals surface area (Å²) in [6.45, 7) is 2.25. The minimum absolute atomic E-state index is 0.0867. The first-order valence-electron chi connectivity index (χ1n) is 15.0. The van der Waals surface area contributed by atoms with Crippen LogP contribution in [0, 0.1) is 0 Å². The van der Waals surface area contributed by atoms with E-state index in [0.717, 1.165) is 47.0 Å². The van der Waals surface area contributed by atoms with E-state index in [2.05, 4.69) is 49.3 Å². The number of anilines is 1. The fourth-order valence-corrected chi connectivity index (χ4v) is 7.51. The van der Waals surface area contributed by atoms with Crippen LogP contribution in [0.2, 0.25) is 0 Å². The number of ether oxygens (including phenoxy) is 3. The van der Waals surface area contributed by atoms with Crippen molar-refractivity contribution in [2.45, 2.75) is 68.7 Å². The molecule has 1 aromatic heterocycles. The Kier molecular flexibility index (Phi) is 10.2. The summed E-state index contributed by atoms with van der Waals surface area (Å²) < 4.78 is 21.6. The summed E-state index contributed by atoms with van der Waals surface area (Å²) >= 11 is 8.80. The highest BCUT2D eigenvalue weighted by Crippen LogP contribution is 2.44. The third-order valence-corrected chi connectivity index (χ3v) is 9.92. The molecule has 1 unspecified atom stereocenters. The number of nitrogens with one attached hydrogen (secondary N) is 1. The molecule has 0 bridgehead atoms. The van der Waals surface area contributed by atoms with Crippen molar-refractivity contribution in [1.29, 1.82) is 0 Å². The van der Waals surface area contributed by atoms with E-state index >= 15 is 0 Å². The monoisotopic (exact) mass is 752 g/mol. The zero-order valence-electron chi connectivity index (χ0n) is 25.1. The van der Waals surface area contributed by atoms with Crippen LogP contribution in [-0.4, -0.2) is 33.9 Å². The molecule has 0 amide bonds. The molecule has 4 aromatic rings. The number of hydrogen-bond donors (Lipinski definition) is 1. The predicted octanol–water partition coefficient (Wildman–Crippen LogP) is 8.85. The number of carbonyl (C=O) groups excluding carboxylic acids is 1. The molecule has 45 heavy (non-hydrogen) atoms. The van der Waals surface area contributed by atoms with Gasteiger partial charge < -0.3 is 19.5 Å². The van der Waals surface area contributed by atoms with Crippen LogP contribution in [0.5, 0.6) is 11.5 Å². The van der Waals surface area contributed by atoms with Gasteiger partial charge in [0.2, 0.25) is 11.1 Å².